The van der Waals surface area contributed by atoms with E-state index in [2.05, 4.69) is 57.3 Å². The smallest absolute Gasteiger partial charge is 0.0345 e. The molecule has 1 aromatic rings. The molecule has 0 bridgehead atoms. The number of anilines is 1. The van der Waals surface area contributed by atoms with E-state index in [0.717, 1.165) is 0 Å². The first-order chi connectivity index (χ1) is 9.13. The Labute approximate surface area is 119 Å². The van der Waals surface area contributed by atoms with Crippen LogP contribution in [-0.4, -0.2) is 6.04 Å². The zero-order valence-corrected chi connectivity index (χ0v) is 13.2. The van der Waals surface area contributed by atoms with Crippen LogP contribution in [0, 0.1) is 0 Å². The van der Waals surface area contributed by atoms with Crippen LogP contribution in [0.4, 0.5) is 5.69 Å². The molecule has 0 aromatic heterocycles. The van der Waals surface area contributed by atoms with E-state index in [1.54, 1.807) is 0 Å². The van der Waals surface area contributed by atoms with Gasteiger partial charge in [0.25, 0.3) is 0 Å². The molecule has 0 fully saturated rings. The average Bonchev–Trinajstić information content (AvgIpc) is 2.38. The van der Waals surface area contributed by atoms with Crippen molar-refractivity contribution in [1.82, 2.24) is 0 Å². The number of rotatable bonds is 9. The van der Waals surface area contributed by atoms with Crippen LogP contribution < -0.4 is 5.32 Å². The molecular weight excluding hydrogens is 230 g/mol. The maximum Gasteiger partial charge on any atom is 0.0345 e. The van der Waals surface area contributed by atoms with Gasteiger partial charge < -0.3 is 5.32 Å². The summed E-state index contributed by atoms with van der Waals surface area (Å²) in [6.45, 7) is 9.06. The van der Waals surface area contributed by atoms with Crippen molar-refractivity contribution < 1.29 is 0 Å². The summed E-state index contributed by atoms with van der Waals surface area (Å²) in [7, 11) is 0. The third kappa shape index (κ3) is 6.66. The molecule has 0 radical (unpaired) electrons. The second-order valence-electron chi connectivity index (χ2n) is 6.03. The zero-order valence-electron chi connectivity index (χ0n) is 13.2. The van der Waals surface area contributed by atoms with E-state index in [4.69, 9.17) is 0 Å². The van der Waals surface area contributed by atoms with Crippen LogP contribution in [0.1, 0.15) is 77.7 Å². The van der Waals surface area contributed by atoms with Crippen molar-refractivity contribution in [3.05, 3.63) is 29.8 Å². The van der Waals surface area contributed by atoms with Crippen LogP contribution in [0.25, 0.3) is 0 Å². The van der Waals surface area contributed by atoms with E-state index in [-0.39, 0.29) is 0 Å². The normalized spacial score (nSPS) is 12.7. The van der Waals surface area contributed by atoms with Gasteiger partial charge in [-0.25, -0.2) is 0 Å². The molecule has 0 amide bonds. The first-order valence-electron chi connectivity index (χ1n) is 8.00. The number of hydrogen-bond acceptors (Lipinski definition) is 1. The fraction of sp³-hybridized carbons (Fsp3) is 0.667. The highest BCUT2D eigenvalue weighted by Crippen LogP contribution is 2.20. The minimum absolute atomic E-state index is 0.573. The lowest BCUT2D eigenvalue weighted by atomic mass is 10.0. The molecule has 0 aliphatic rings. The Morgan fingerprint density at radius 2 is 1.74 bits per heavy atom. The van der Waals surface area contributed by atoms with Crippen LogP contribution >= 0.6 is 0 Å². The van der Waals surface area contributed by atoms with Gasteiger partial charge in [0.15, 0.2) is 0 Å². The van der Waals surface area contributed by atoms with Crippen LogP contribution in [0.5, 0.6) is 0 Å². The van der Waals surface area contributed by atoms with Crippen molar-refractivity contribution in [1.29, 1.82) is 0 Å². The average molecular weight is 261 g/mol. The van der Waals surface area contributed by atoms with E-state index in [1.165, 1.54) is 49.8 Å². The van der Waals surface area contributed by atoms with Crippen LogP contribution in [-0.2, 0) is 0 Å². The lowest BCUT2D eigenvalue weighted by Gasteiger charge is -2.16. The third-order valence-corrected chi connectivity index (χ3v) is 3.71. The van der Waals surface area contributed by atoms with Gasteiger partial charge in [0.2, 0.25) is 0 Å². The van der Waals surface area contributed by atoms with E-state index < -0.39 is 0 Å². The van der Waals surface area contributed by atoms with Crippen LogP contribution in [0.3, 0.4) is 0 Å². The van der Waals surface area contributed by atoms with Gasteiger partial charge >= 0.3 is 0 Å². The van der Waals surface area contributed by atoms with Gasteiger partial charge in [-0.2, -0.15) is 0 Å². The van der Waals surface area contributed by atoms with Crippen LogP contribution in [0.15, 0.2) is 24.3 Å². The monoisotopic (exact) mass is 261 g/mol. The Bertz CT molecular complexity index is 343. The molecule has 1 rings (SSSR count). The van der Waals surface area contributed by atoms with E-state index in [1.807, 2.05) is 0 Å². The SMILES string of the molecule is CCCCCCCC(C)Nc1cccc(C(C)C)c1. The van der Waals surface area contributed by atoms with Crippen molar-refractivity contribution in [3.8, 4) is 0 Å². The van der Waals surface area contributed by atoms with Gasteiger partial charge in [0, 0.05) is 11.7 Å². The fourth-order valence-electron chi connectivity index (χ4n) is 2.40. The first-order valence-corrected chi connectivity index (χ1v) is 8.00. The summed E-state index contributed by atoms with van der Waals surface area (Å²) in [4.78, 5) is 0. The summed E-state index contributed by atoms with van der Waals surface area (Å²) in [6, 6.07) is 9.42. The highest BCUT2D eigenvalue weighted by Gasteiger charge is 2.04. The highest BCUT2D eigenvalue weighted by molar-refractivity contribution is 5.47. The minimum atomic E-state index is 0.573. The van der Waals surface area contributed by atoms with Gasteiger partial charge in [-0.3, -0.25) is 0 Å². The minimum Gasteiger partial charge on any atom is -0.383 e. The molecule has 1 nitrogen and oxygen atoms in total. The Balaban J connectivity index is 2.31. The maximum atomic E-state index is 3.63. The number of benzene rings is 1. The van der Waals surface area contributed by atoms with E-state index in [0.29, 0.717) is 12.0 Å². The van der Waals surface area contributed by atoms with Crippen molar-refractivity contribution in [2.24, 2.45) is 0 Å². The Hall–Kier alpha value is -0.980. The third-order valence-electron chi connectivity index (χ3n) is 3.71. The number of nitrogens with one attached hydrogen (secondary N) is 1. The van der Waals surface area contributed by atoms with E-state index >= 15 is 0 Å². The van der Waals surface area contributed by atoms with E-state index in [9.17, 15) is 0 Å². The van der Waals surface area contributed by atoms with Crippen molar-refractivity contribution in [2.75, 3.05) is 5.32 Å². The van der Waals surface area contributed by atoms with Gasteiger partial charge in [0.1, 0.15) is 0 Å². The molecule has 0 aliphatic carbocycles. The molecular formula is C18H31N. The molecule has 1 heteroatoms. The molecule has 1 atom stereocenters. The second kappa shape index (κ2) is 9.01. The molecule has 19 heavy (non-hydrogen) atoms. The Morgan fingerprint density at radius 1 is 1.00 bits per heavy atom. The molecule has 0 spiro atoms. The fourth-order valence-corrected chi connectivity index (χ4v) is 2.40. The molecule has 1 N–H and O–H groups in total. The van der Waals surface area contributed by atoms with Gasteiger partial charge in [-0.1, -0.05) is 65.0 Å². The predicted octanol–water partition coefficient (Wildman–Crippen LogP) is 5.97. The van der Waals surface area contributed by atoms with Crippen molar-refractivity contribution >= 4 is 5.69 Å². The highest BCUT2D eigenvalue weighted by atomic mass is 14.9. The van der Waals surface area contributed by atoms with Gasteiger partial charge in [0.05, 0.1) is 0 Å². The first kappa shape index (κ1) is 16.1. The molecule has 0 heterocycles. The summed E-state index contributed by atoms with van der Waals surface area (Å²) < 4.78 is 0. The summed E-state index contributed by atoms with van der Waals surface area (Å²) in [5, 5.41) is 3.63. The zero-order chi connectivity index (χ0) is 14.1. The Morgan fingerprint density at radius 3 is 2.42 bits per heavy atom. The second-order valence-corrected chi connectivity index (χ2v) is 6.03. The summed E-state index contributed by atoms with van der Waals surface area (Å²) in [6.07, 6.45) is 8.11. The Kier molecular flexibility index (Phi) is 7.62. The number of hydrogen-bond donors (Lipinski definition) is 1. The lowest BCUT2D eigenvalue weighted by Crippen LogP contribution is -2.15. The summed E-state index contributed by atoms with van der Waals surface area (Å²) in [5.41, 5.74) is 2.69. The molecule has 0 aliphatic heterocycles. The molecule has 1 unspecified atom stereocenters. The van der Waals surface area contributed by atoms with Gasteiger partial charge in [-0.05, 0) is 37.0 Å². The van der Waals surface area contributed by atoms with Gasteiger partial charge in [-0.15, -0.1) is 0 Å². The molecule has 0 saturated carbocycles. The molecule has 0 saturated heterocycles. The van der Waals surface area contributed by atoms with Crippen molar-refractivity contribution in [2.45, 2.75) is 78.2 Å². The standard InChI is InChI=1S/C18H31N/c1-5-6-7-8-9-11-16(4)19-18-13-10-12-17(14-18)15(2)3/h10,12-16,19H,5-9,11H2,1-4H3. The quantitative estimate of drug-likeness (QED) is 0.540. The topological polar surface area (TPSA) is 12.0 Å². The summed E-state index contributed by atoms with van der Waals surface area (Å²) >= 11 is 0. The van der Waals surface area contributed by atoms with Crippen molar-refractivity contribution in [3.63, 3.8) is 0 Å². The molecule has 1 aromatic carbocycles. The predicted molar refractivity (Wildman–Crippen MR) is 87.0 cm³/mol. The largest absolute Gasteiger partial charge is 0.383 e. The maximum absolute atomic E-state index is 3.63. The molecule has 108 valence electrons. The summed E-state index contributed by atoms with van der Waals surface area (Å²) in [5.74, 6) is 0.603. The number of unbranched alkanes of at least 4 members (excludes halogenated alkanes) is 4. The van der Waals surface area contributed by atoms with Crippen LogP contribution in [0.2, 0.25) is 0 Å². The lowest BCUT2D eigenvalue weighted by molar-refractivity contribution is 0.578.